The Hall–Kier alpha value is -2.71. The number of halogens is 1. The van der Waals surface area contributed by atoms with Gasteiger partial charge in [-0.15, -0.1) is 0 Å². The molecule has 1 amide bonds. The lowest BCUT2D eigenvalue weighted by Gasteiger charge is -2.33. The molecule has 3 heterocycles. The summed E-state index contributed by atoms with van der Waals surface area (Å²) in [5.41, 5.74) is -0.336. The Morgan fingerprint density at radius 1 is 1.34 bits per heavy atom. The van der Waals surface area contributed by atoms with E-state index in [4.69, 9.17) is 25.3 Å². The van der Waals surface area contributed by atoms with Gasteiger partial charge in [-0.3, -0.25) is 4.79 Å². The maximum atomic E-state index is 13.2. The molecule has 0 bridgehead atoms. The molecule has 9 heteroatoms. The summed E-state index contributed by atoms with van der Waals surface area (Å²) in [5, 5.41) is 5.05. The van der Waals surface area contributed by atoms with Crippen LogP contribution in [0.5, 0.6) is 0 Å². The number of carbonyl (C=O) groups excluding carboxylic acids is 1. The second-order valence-electron chi connectivity index (χ2n) is 6.93. The number of benzene rings is 1. The Morgan fingerprint density at radius 3 is 3.03 bits per heavy atom. The number of likely N-dealkylation sites (tertiary alicyclic amines) is 1. The number of nitrogens with zero attached hydrogens (tertiary/aromatic N) is 3. The Kier molecular flexibility index (Phi) is 5.64. The van der Waals surface area contributed by atoms with Crippen molar-refractivity contribution in [1.29, 1.82) is 0 Å². The van der Waals surface area contributed by atoms with Crippen LogP contribution in [0.4, 0.5) is 0 Å². The quantitative estimate of drug-likeness (QED) is 0.586. The van der Waals surface area contributed by atoms with Crippen LogP contribution in [0.15, 0.2) is 38.0 Å². The third-order valence-corrected chi connectivity index (χ3v) is 5.22. The zero-order valence-corrected chi connectivity index (χ0v) is 16.6. The molecule has 0 aliphatic carbocycles. The molecule has 1 aliphatic rings. The van der Waals surface area contributed by atoms with E-state index in [0.717, 1.165) is 12.8 Å². The minimum absolute atomic E-state index is 0.0363. The molecule has 1 unspecified atom stereocenters. The van der Waals surface area contributed by atoms with E-state index in [1.54, 1.807) is 30.2 Å². The number of methoxy groups -OCH3 is 1. The Bertz CT molecular complexity index is 1090. The first-order valence-corrected chi connectivity index (χ1v) is 9.80. The van der Waals surface area contributed by atoms with Crippen molar-refractivity contribution >= 4 is 28.5 Å². The molecular formula is C20H20ClN3O5. The standard InChI is InChI=1S/C20H20ClN3O5/c1-27-9-7-17-22-18(29-23-17)15-4-2-3-8-24(15)19(25)14-11-12-10-13(21)5-6-16(12)28-20(14)26/h5-6,10-11,15H,2-4,7-9H2,1H3. The average Bonchev–Trinajstić information content (AvgIpc) is 3.20. The van der Waals surface area contributed by atoms with Gasteiger partial charge in [0, 0.05) is 30.5 Å². The highest BCUT2D eigenvalue weighted by Crippen LogP contribution is 2.31. The smallest absolute Gasteiger partial charge is 0.349 e. The number of hydrogen-bond acceptors (Lipinski definition) is 7. The first-order chi connectivity index (χ1) is 14.1. The second-order valence-corrected chi connectivity index (χ2v) is 7.37. The zero-order chi connectivity index (χ0) is 20.4. The van der Waals surface area contributed by atoms with Crippen molar-refractivity contribution in [2.24, 2.45) is 0 Å². The highest BCUT2D eigenvalue weighted by Gasteiger charge is 2.34. The first-order valence-electron chi connectivity index (χ1n) is 9.42. The maximum Gasteiger partial charge on any atom is 0.349 e. The van der Waals surface area contributed by atoms with Crippen molar-refractivity contribution in [2.75, 3.05) is 20.3 Å². The molecule has 1 saturated heterocycles. The summed E-state index contributed by atoms with van der Waals surface area (Å²) in [6.07, 6.45) is 2.96. The molecule has 3 aromatic rings. The monoisotopic (exact) mass is 417 g/mol. The van der Waals surface area contributed by atoms with E-state index in [1.165, 1.54) is 6.07 Å². The normalized spacial score (nSPS) is 17.0. The van der Waals surface area contributed by atoms with E-state index in [2.05, 4.69) is 10.1 Å². The summed E-state index contributed by atoms with van der Waals surface area (Å²) in [4.78, 5) is 31.7. The van der Waals surface area contributed by atoms with Crippen molar-refractivity contribution in [3.63, 3.8) is 0 Å². The van der Waals surface area contributed by atoms with Crippen molar-refractivity contribution in [3.05, 3.63) is 57.0 Å². The minimum atomic E-state index is -0.680. The number of aromatic nitrogens is 2. The van der Waals surface area contributed by atoms with Crippen molar-refractivity contribution in [1.82, 2.24) is 15.0 Å². The lowest BCUT2D eigenvalue weighted by Crippen LogP contribution is -2.40. The Morgan fingerprint density at radius 2 is 2.21 bits per heavy atom. The molecule has 1 aliphatic heterocycles. The van der Waals surface area contributed by atoms with Gasteiger partial charge in [-0.2, -0.15) is 4.98 Å². The van der Waals surface area contributed by atoms with E-state index in [-0.39, 0.29) is 11.6 Å². The van der Waals surface area contributed by atoms with Gasteiger partial charge in [-0.1, -0.05) is 16.8 Å². The van der Waals surface area contributed by atoms with Gasteiger partial charge in [0.2, 0.25) is 5.89 Å². The van der Waals surface area contributed by atoms with Gasteiger partial charge in [0.25, 0.3) is 5.91 Å². The van der Waals surface area contributed by atoms with Gasteiger partial charge in [0.05, 0.1) is 6.61 Å². The zero-order valence-electron chi connectivity index (χ0n) is 15.9. The number of ether oxygens (including phenoxy) is 1. The fraction of sp³-hybridized carbons (Fsp3) is 0.400. The number of rotatable bonds is 5. The fourth-order valence-corrected chi connectivity index (χ4v) is 3.71. The summed E-state index contributed by atoms with van der Waals surface area (Å²) in [5.74, 6) is 0.485. The number of hydrogen-bond donors (Lipinski definition) is 0. The SMILES string of the molecule is COCCc1noc(C2CCCCN2C(=O)c2cc3cc(Cl)ccc3oc2=O)n1. The summed E-state index contributed by atoms with van der Waals surface area (Å²) in [6.45, 7) is 0.972. The predicted octanol–water partition coefficient (Wildman–Crippen LogP) is 3.39. The molecule has 8 nitrogen and oxygen atoms in total. The number of carbonyl (C=O) groups is 1. The minimum Gasteiger partial charge on any atom is -0.422 e. The van der Waals surface area contributed by atoms with Gasteiger partial charge in [0.1, 0.15) is 17.2 Å². The van der Waals surface area contributed by atoms with Gasteiger partial charge in [0.15, 0.2) is 5.82 Å². The molecular weight excluding hydrogens is 398 g/mol. The van der Waals surface area contributed by atoms with Gasteiger partial charge >= 0.3 is 5.63 Å². The van der Waals surface area contributed by atoms with Crippen LogP contribution in [0.1, 0.15) is 47.4 Å². The van der Waals surface area contributed by atoms with Crippen LogP contribution in [-0.4, -0.2) is 41.2 Å². The summed E-state index contributed by atoms with van der Waals surface area (Å²) < 4.78 is 15.8. The van der Waals surface area contributed by atoms with Crippen LogP contribution in [-0.2, 0) is 11.2 Å². The van der Waals surface area contributed by atoms with Crippen LogP contribution >= 0.6 is 11.6 Å². The lowest BCUT2D eigenvalue weighted by molar-refractivity contribution is 0.0557. The van der Waals surface area contributed by atoms with E-state index in [1.807, 2.05) is 0 Å². The molecule has 1 atom stereocenters. The molecule has 0 saturated carbocycles. The molecule has 0 N–H and O–H groups in total. The van der Waals surface area contributed by atoms with Crippen LogP contribution < -0.4 is 5.63 Å². The molecule has 4 rings (SSSR count). The average molecular weight is 418 g/mol. The van der Waals surface area contributed by atoms with E-state index in [9.17, 15) is 9.59 Å². The molecule has 29 heavy (non-hydrogen) atoms. The van der Waals surface area contributed by atoms with Gasteiger partial charge in [-0.05, 0) is 43.5 Å². The highest BCUT2D eigenvalue weighted by molar-refractivity contribution is 6.31. The number of fused-ring (bicyclic) bond motifs is 1. The molecule has 2 aromatic heterocycles. The molecule has 0 spiro atoms. The van der Waals surface area contributed by atoms with E-state index >= 15 is 0 Å². The second kappa shape index (κ2) is 8.34. The van der Waals surface area contributed by atoms with Crippen molar-refractivity contribution in [3.8, 4) is 0 Å². The summed E-state index contributed by atoms with van der Waals surface area (Å²) >= 11 is 6.03. The van der Waals surface area contributed by atoms with Gasteiger partial charge < -0.3 is 18.6 Å². The fourth-order valence-electron chi connectivity index (χ4n) is 3.53. The van der Waals surface area contributed by atoms with Crippen LogP contribution in [0.25, 0.3) is 11.0 Å². The third kappa shape index (κ3) is 4.04. The van der Waals surface area contributed by atoms with E-state index < -0.39 is 11.5 Å². The van der Waals surface area contributed by atoms with Crippen LogP contribution in [0.2, 0.25) is 5.02 Å². The molecule has 1 aromatic carbocycles. The van der Waals surface area contributed by atoms with Crippen LogP contribution in [0.3, 0.4) is 0 Å². The number of piperidine rings is 1. The first kappa shape index (κ1) is 19.6. The predicted molar refractivity (Wildman–Crippen MR) is 105 cm³/mol. The lowest BCUT2D eigenvalue weighted by atomic mass is 10.0. The molecule has 0 radical (unpaired) electrons. The molecule has 1 fully saturated rings. The Balaban J connectivity index is 1.65. The van der Waals surface area contributed by atoms with Crippen LogP contribution in [0, 0.1) is 0 Å². The summed E-state index contributed by atoms with van der Waals surface area (Å²) in [6, 6.07) is 6.04. The Labute approximate surface area is 171 Å². The largest absolute Gasteiger partial charge is 0.422 e. The summed E-state index contributed by atoms with van der Waals surface area (Å²) in [7, 11) is 1.60. The highest BCUT2D eigenvalue weighted by atomic mass is 35.5. The maximum absolute atomic E-state index is 13.2. The van der Waals surface area contributed by atoms with Crippen molar-refractivity contribution < 1.29 is 18.5 Å². The third-order valence-electron chi connectivity index (χ3n) is 4.99. The van der Waals surface area contributed by atoms with E-state index in [0.29, 0.717) is 53.7 Å². The topological polar surface area (TPSA) is 98.7 Å². The van der Waals surface area contributed by atoms with Crippen molar-refractivity contribution in [2.45, 2.75) is 31.7 Å². The molecule has 152 valence electrons. The number of amides is 1. The van der Waals surface area contributed by atoms with Gasteiger partial charge in [-0.25, -0.2) is 4.79 Å².